The molecule has 0 spiro atoms. The van der Waals surface area contributed by atoms with E-state index in [0.29, 0.717) is 0 Å². The molecule has 0 amide bonds. The third-order valence-electron chi connectivity index (χ3n) is 1.47. The van der Waals surface area contributed by atoms with Crippen LogP contribution in [-0.4, -0.2) is 17.2 Å². The maximum atomic E-state index is 8.79. The average molecular weight is 216 g/mol. The van der Waals surface area contributed by atoms with Gasteiger partial charge in [0.25, 0.3) is 0 Å². The van der Waals surface area contributed by atoms with E-state index in [-0.39, 0.29) is 21.1 Å². The number of nitriles is 1. The van der Waals surface area contributed by atoms with E-state index < -0.39 is 7.12 Å². The van der Waals surface area contributed by atoms with Gasteiger partial charge >= 0.3 is 7.12 Å². The first-order valence-corrected chi connectivity index (χ1v) is 4.07. The van der Waals surface area contributed by atoms with Gasteiger partial charge in [-0.05, 0) is 17.6 Å². The van der Waals surface area contributed by atoms with Crippen LogP contribution in [0.15, 0.2) is 12.1 Å². The van der Waals surface area contributed by atoms with E-state index >= 15 is 0 Å². The average Bonchev–Trinajstić information content (AvgIpc) is 2.03. The minimum absolute atomic E-state index is 0.109. The highest BCUT2D eigenvalue weighted by atomic mass is 35.5. The molecule has 0 aliphatic carbocycles. The summed E-state index contributed by atoms with van der Waals surface area (Å²) in [6.45, 7) is 0. The first-order chi connectivity index (χ1) is 6.06. The van der Waals surface area contributed by atoms with Crippen molar-refractivity contribution in [2.45, 2.75) is 0 Å². The predicted molar refractivity (Wildman–Crippen MR) is 51.0 cm³/mol. The molecule has 0 aliphatic rings. The zero-order valence-electron chi connectivity index (χ0n) is 6.33. The van der Waals surface area contributed by atoms with Crippen LogP contribution in [0.5, 0.6) is 0 Å². The molecule has 0 unspecified atom stereocenters. The molecule has 66 valence electrons. The van der Waals surface area contributed by atoms with Crippen molar-refractivity contribution < 1.29 is 10.0 Å². The van der Waals surface area contributed by atoms with E-state index in [1.807, 2.05) is 0 Å². The monoisotopic (exact) mass is 215 g/mol. The molecule has 13 heavy (non-hydrogen) atoms. The summed E-state index contributed by atoms with van der Waals surface area (Å²) in [6, 6.07) is 4.38. The molecule has 1 rings (SSSR count). The van der Waals surface area contributed by atoms with E-state index in [9.17, 15) is 0 Å². The lowest BCUT2D eigenvalue weighted by Gasteiger charge is -2.03. The molecular formula is C7H4BCl2NO2. The van der Waals surface area contributed by atoms with E-state index in [0.717, 1.165) is 0 Å². The molecule has 6 heteroatoms. The van der Waals surface area contributed by atoms with Crippen LogP contribution in [0.3, 0.4) is 0 Å². The molecule has 1 aromatic rings. The normalized spacial score (nSPS) is 9.46. The largest absolute Gasteiger partial charge is 0.488 e. The second-order valence-electron chi connectivity index (χ2n) is 2.35. The van der Waals surface area contributed by atoms with Crippen LogP contribution >= 0.6 is 23.2 Å². The molecule has 0 atom stereocenters. The molecule has 0 fully saturated rings. The lowest BCUT2D eigenvalue weighted by Crippen LogP contribution is -2.29. The molecule has 0 radical (unpaired) electrons. The summed E-state index contributed by atoms with van der Waals surface area (Å²) in [7, 11) is -1.64. The maximum Gasteiger partial charge on any atom is 0.488 e. The number of hydrogen-bond donors (Lipinski definition) is 2. The summed E-state index contributed by atoms with van der Waals surface area (Å²) >= 11 is 11.3. The number of halogens is 2. The highest BCUT2D eigenvalue weighted by molar-refractivity contribution is 6.59. The third kappa shape index (κ3) is 2.14. The van der Waals surface area contributed by atoms with Gasteiger partial charge in [0.2, 0.25) is 0 Å². The second kappa shape index (κ2) is 3.99. The third-order valence-corrected chi connectivity index (χ3v) is 2.07. The van der Waals surface area contributed by atoms with Crippen LogP contribution in [-0.2, 0) is 0 Å². The quantitative estimate of drug-likeness (QED) is 0.673. The number of nitrogens with zero attached hydrogens (tertiary/aromatic N) is 1. The first kappa shape index (κ1) is 10.4. The molecule has 0 aromatic heterocycles. The number of benzene rings is 1. The summed E-state index contributed by atoms with van der Waals surface area (Å²) < 4.78 is 0. The van der Waals surface area contributed by atoms with Gasteiger partial charge in [-0.25, -0.2) is 0 Å². The molecule has 2 N–H and O–H groups in total. The van der Waals surface area contributed by atoms with Crippen molar-refractivity contribution >= 4 is 35.8 Å². The predicted octanol–water partition coefficient (Wildman–Crippen LogP) is 0.545. The van der Waals surface area contributed by atoms with Gasteiger partial charge in [0.15, 0.2) is 0 Å². The summed E-state index contributed by atoms with van der Waals surface area (Å²) in [5, 5.41) is 26.4. The van der Waals surface area contributed by atoms with E-state index in [4.69, 9.17) is 38.5 Å². The summed E-state index contributed by atoms with van der Waals surface area (Å²) in [5.74, 6) is 0. The van der Waals surface area contributed by atoms with E-state index in [1.54, 1.807) is 6.07 Å². The van der Waals surface area contributed by atoms with Crippen LogP contribution in [0, 0.1) is 11.3 Å². The van der Waals surface area contributed by atoms with Gasteiger partial charge in [-0.3, -0.25) is 0 Å². The molecular weight excluding hydrogens is 212 g/mol. The maximum absolute atomic E-state index is 8.79. The highest BCUT2D eigenvalue weighted by Crippen LogP contribution is 2.21. The molecule has 1 aromatic carbocycles. The number of hydrogen-bond acceptors (Lipinski definition) is 3. The molecule has 3 nitrogen and oxygen atoms in total. The Morgan fingerprint density at radius 2 is 1.69 bits per heavy atom. The van der Waals surface area contributed by atoms with E-state index in [2.05, 4.69) is 0 Å². The Morgan fingerprint density at radius 3 is 2.00 bits per heavy atom. The molecule has 0 heterocycles. The van der Waals surface area contributed by atoms with Crippen molar-refractivity contribution in [3.8, 4) is 6.07 Å². The van der Waals surface area contributed by atoms with Crippen molar-refractivity contribution in [3.05, 3.63) is 27.7 Å². The van der Waals surface area contributed by atoms with Gasteiger partial charge in [0.1, 0.15) is 6.07 Å². The lowest BCUT2D eigenvalue weighted by molar-refractivity contribution is 0.426. The van der Waals surface area contributed by atoms with Crippen LogP contribution in [0.4, 0.5) is 0 Å². The summed E-state index contributed by atoms with van der Waals surface area (Å²) in [5.41, 5.74) is 0.293. The van der Waals surface area contributed by atoms with Crippen LogP contribution in [0.25, 0.3) is 0 Å². The Bertz CT molecular complexity index is 352. The molecule has 0 saturated heterocycles. The summed E-state index contributed by atoms with van der Waals surface area (Å²) in [6.07, 6.45) is 0. The van der Waals surface area contributed by atoms with Crippen LogP contribution < -0.4 is 5.46 Å². The van der Waals surface area contributed by atoms with Gasteiger partial charge in [-0.15, -0.1) is 0 Å². The zero-order valence-corrected chi connectivity index (χ0v) is 7.84. The minimum atomic E-state index is -1.64. The fraction of sp³-hybridized carbons (Fsp3) is 0. The van der Waals surface area contributed by atoms with Gasteiger partial charge in [-0.1, -0.05) is 23.2 Å². The standard InChI is InChI=1S/C7H4BCl2NO2/c9-6-1-4(8(12)13)2-7(10)5(6)3-11/h1-2,12-13H. The SMILES string of the molecule is N#Cc1c(Cl)cc(B(O)O)cc1Cl. The van der Waals surface area contributed by atoms with Gasteiger partial charge in [-0.2, -0.15) is 5.26 Å². The Kier molecular flexibility index (Phi) is 3.18. The first-order valence-electron chi connectivity index (χ1n) is 3.31. The van der Waals surface area contributed by atoms with Crippen LogP contribution in [0.2, 0.25) is 10.0 Å². The molecule has 0 bridgehead atoms. The van der Waals surface area contributed by atoms with Gasteiger partial charge in [0, 0.05) is 0 Å². The fourth-order valence-corrected chi connectivity index (χ4v) is 1.44. The van der Waals surface area contributed by atoms with Gasteiger partial charge in [0.05, 0.1) is 15.6 Å². The molecule has 0 aliphatic heterocycles. The Balaban J connectivity index is 3.30. The van der Waals surface area contributed by atoms with Crippen molar-refractivity contribution in [2.75, 3.05) is 0 Å². The van der Waals surface area contributed by atoms with Crippen molar-refractivity contribution in [2.24, 2.45) is 0 Å². The zero-order chi connectivity index (χ0) is 10.0. The fourth-order valence-electron chi connectivity index (χ4n) is 0.849. The Labute approximate surface area is 85.3 Å². The molecule has 0 saturated carbocycles. The van der Waals surface area contributed by atoms with Crippen molar-refractivity contribution in [1.29, 1.82) is 5.26 Å². The van der Waals surface area contributed by atoms with E-state index in [1.165, 1.54) is 12.1 Å². The lowest BCUT2D eigenvalue weighted by atomic mass is 9.80. The number of rotatable bonds is 1. The Hall–Kier alpha value is -0.725. The topological polar surface area (TPSA) is 64.2 Å². The van der Waals surface area contributed by atoms with Gasteiger partial charge < -0.3 is 10.0 Å². The highest BCUT2D eigenvalue weighted by Gasteiger charge is 2.15. The van der Waals surface area contributed by atoms with Crippen LogP contribution in [0.1, 0.15) is 5.56 Å². The van der Waals surface area contributed by atoms with Crippen molar-refractivity contribution in [1.82, 2.24) is 0 Å². The van der Waals surface area contributed by atoms with Crippen molar-refractivity contribution in [3.63, 3.8) is 0 Å². The minimum Gasteiger partial charge on any atom is -0.423 e. The Morgan fingerprint density at radius 1 is 1.23 bits per heavy atom. The summed E-state index contributed by atoms with van der Waals surface area (Å²) in [4.78, 5) is 0. The smallest absolute Gasteiger partial charge is 0.423 e. The second-order valence-corrected chi connectivity index (χ2v) is 3.16.